The van der Waals surface area contributed by atoms with Gasteiger partial charge in [0.25, 0.3) is 5.89 Å². The van der Waals surface area contributed by atoms with E-state index in [4.69, 9.17) is 10.3 Å². The van der Waals surface area contributed by atoms with Crippen molar-refractivity contribution in [2.75, 3.05) is 0 Å². The maximum atomic E-state index is 6.56. The van der Waals surface area contributed by atoms with Gasteiger partial charge in [0, 0.05) is 5.56 Å². The molecule has 0 saturated heterocycles. The number of hydrogen-bond donors (Lipinski definition) is 1. The monoisotopic (exact) mass is 285 g/mol. The molecule has 4 heteroatoms. The molecule has 1 fully saturated rings. The van der Waals surface area contributed by atoms with Crippen LogP contribution in [-0.2, 0) is 12.0 Å². The maximum Gasteiger partial charge on any atom is 0.258 e. The molecule has 0 radical (unpaired) electrons. The van der Waals surface area contributed by atoms with Gasteiger partial charge in [-0.15, -0.1) is 0 Å². The summed E-state index contributed by atoms with van der Waals surface area (Å²) in [5, 5.41) is 4.19. The fourth-order valence-corrected chi connectivity index (χ4v) is 3.16. The SMILES string of the molecule is CCc1ccccc1-c1nc(C2(N)CCCCCC2)no1. The molecule has 0 unspecified atom stereocenters. The second-order valence-corrected chi connectivity index (χ2v) is 6.00. The normalized spacial score (nSPS) is 18.4. The van der Waals surface area contributed by atoms with E-state index in [1.54, 1.807) is 0 Å². The smallest absolute Gasteiger partial charge is 0.258 e. The van der Waals surface area contributed by atoms with Gasteiger partial charge < -0.3 is 10.3 Å². The lowest BCUT2D eigenvalue weighted by atomic mass is 9.91. The number of nitrogens with zero attached hydrogens (tertiary/aromatic N) is 2. The van der Waals surface area contributed by atoms with Gasteiger partial charge in [-0.05, 0) is 30.9 Å². The zero-order valence-electron chi connectivity index (χ0n) is 12.6. The topological polar surface area (TPSA) is 64.9 Å². The molecule has 1 saturated carbocycles. The molecule has 112 valence electrons. The van der Waals surface area contributed by atoms with Crippen molar-refractivity contribution in [1.82, 2.24) is 10.1 Å². The van der Waals surface area contributed by atoms with Crippen molar-refractivity contribution >= 4 is 0 Å². The molecule has 0 amide bonds. The fourth-order valence-electron chi connectivity index (χ4n) is 3.16. The summed E-state index contributed by atoms with van der Waals surface area (Å²) in [6, 6.07) is 8.17. The van der Waals surface area contributed by atoms with E-state index >= 15 is 0 Å². The van der Waals surface area contributed by atoms with Crippen LogP contribution in [0.1, 0.15) is 56.8 Å². The predicted molar refractivity (Wildman–Crippen MR) is 82.7 cm³/mol. The van der Waals surface area contributed by atoms with E-state index in [-0.39, 0.29) is 0 Å². The molecule has 2 N–H and O–H groups in total. The summed E-state index contributed by atoms with van der Waals surface area (Å²) in [4.78, 5) is 4.62. The molecule has 0 spiro atoms. The van der Waals surface area contributed by atoms with E-state index in [2.05, 4.69) is 23.1 Å². The van der Waals surface area contributed by atoms with Crippen molar-refractivity contribution in [3.63, 3.8) is 0 Å². The van der Waals surface area contributed by atoms with Crippen molar-refractivity contribution in [3.05, 3.63) is 35.7 Å². The van der Waals surface area contributed by atoms with E-state index in [1.165, 1.54) is 18.4 Å². The summed E-state index contributed by atoms with van der Waals surface area (Å²) in [5.74, 6) is 1.27. The van der Waals surface area contributed by atoms with Gasteiger partial charge >= 0.3 is 0 Å². The minimum Gasteiger partial charge on any atom is -0.334 e. The van der Waals surface area contributed by atoms with Crippen molar-refractivity contribution < 1.29 is 4.52 Å². The van der Waals surface area contributed by atoms with Gasteiger partial charge in [-0.2, -0.15) is 4.98 Å². The van der Waals surface area contributed by atoms with Crippen LogP contribution in [0.2, 0.25) is 0 Å². The molecule has 4 nitrogen and oxygen atoms in total. The lowest BCUT2D eigenvalue weighted by Gasteiger charge is -2.23. The van der Waals surface area contributed by atoms with Gasteiger partial charge in [-0.25, -0.2) is 0 Å². The molecule has 0 aliphatic heterocycles. The van der Waals surface area contributed by atoms with Crippen LogP contribution in [0, 0.1) is 0 Å². The van der Waals surface area contributed by atoms with E-state index in [0.29, 0.717) is 11.7 Å². The van der Waals surface area contributed by atoms with Gasteiger partial charge in [-0.3, -0.25) is 0 Å². The minimum atomic E-state index is -0.417. The Hall–Kier alpha value is -1.68. The number of aromatic nitrogens is 2. The van der Waals surface area contributed by atoms with Crippen molar-refractivity contribution in [2.45, 2.75) is 57.4 Å². The van der Waals surface area contributed by atoms with E-state index in [1.807, 2.05) is 18.2 Å². The highest BCUT2D eigenvalue weighted by molar-refractivity contribution is 5.58. The minimum absolute atomic E-state index is 0.417. The standard InChI is InChI=1S/C17H23N3O/c1-2-13-9-5-6-10-14(13)15-19-16(20-21-15)17(18)11-7-3-4-8-12-17/h5-6,9-10H,2-4,7-8,11-12,18H2,1H3. The molecule has 2 aromatic rings. The van der Waals surface area contributed by atoms with Crippen LogP contribution in [0.15, 0.2) is 28.8 Å². The van der Waals surface area contributed by atoms with Gasteiger partial charge in [0.05, 0.1) is 5.54 Å². The molecule has 3 rings (SSSR count). The van der Waals surface area contributed by atoms with Crippen LogP contribution in [0.3, 0.4) is 0 Å². The quantitative estimate of drug-likeness (QED) is 0.871. The van der Waals surface area contributed by atoms with Crippen LogP contribution in [-0.4, -0.2) is 10.1 Å². The van der Waals surface area contributed by atoms with Crippen LogP contribution < -0.4 is 5.73 Å². The molecule has 1 aromatic carbocycles. The van der Waals surface area contributed by atoms with Crippen molar-refractivity contribution in [1.29, 1.82) is 0 Å². The molecule has 1 heterocycles. The Balaban J connectivity index is 1.92. The third kappa shape index (κ3) is 2.86. The Bertz CT molecular complexity index is 598. The Morgan fingerprint density at radius 2 is 1.86 bits per heavy atom. The molecule has 0 atom stereocenters. The van der Waals surface area contributed by atoms with Gasteiger partial charge in [-0.1, -0.05) is 56.0 Å². The third-order valence-corrected chi connectivity index (χ3v) is 4.50. The summed E-state index contributed by atoms with van der Waals surface area (Å²) in [5.41, 5.74) is 8.39. The largest absolute Gasteiger partial charge is 0.334 e. The number of benzene rings is 1. The second kappa shape index (κ2) is 5.98. The molecule has 1 aromatic heterocycles. The van der Waals surface area contributed by atoms with Crippen molar-refractivity contribution in [2.24, 2.45) is 5.73 Å². The number of nitrogens with two attached hydrogens (primary N) is 1. The van der Waals surface area contributed by atoms with E-state index in [0.717, 1.165) is 37.7 Å². The first kappa shape index (κ1) is 14.3. The molecule has 0 bridgehead atoms. The highest BCUT2D eigenvalue weighted by atomic mass is 16.5. The summed E-state index contributed by atoms with van der Waals surface area (Å²) in [6.07, 6.45) is 7.63. The Labute approximate surface area is 125 Å². The van der Waals surface area contributed by atoms with Crippen LogP contribution in [0.25, 0.3) is 11.5 Å². The zero-order chi connectivity index (χ0) is 14.7. The number of rotatable bonds is 3. The lowest BCUT2D eigenvalue weighted by molar-refractivity contribution is 0.334. The fraction of sp³-hybridized carbons (Fsp3) is 0.529. The molecule has 1 aliphatic carbocycles. The highest BCUT2D eigenvalue weighted by Crippen LogP contribution is 2.33. The number of aryl methyl sites for hydroxylation is 1. The first-order chi connectivity index (χ1) is 10.2. The van der Waals surface area contributed by atoms with E-state index in [9.17, 15) is 0 Å². The Morgan fingerprint density at radius 1 is 1.14 bits per heavy atom. The zero-order valence-corrected chi connectivity index (χ0v) is 12.6. The predicted octanol–water partition coefficient (Wildman–Crippen LogP) is 3.81. The summed E-state index contributed by atoms with van der Waals surface area (Å²) < 4.78 is 5.51. The van der Waals surface area contributed by atoms with Gasteiger partial charge in [0.15, 0.2) is 5.82 Å². The second-order valence-electron chi connectivity index (χ2n) is 6.00. The molecule has 1 aliphatic rings. The Morgan fingerprint density at radius 3 is 2.57 bits per heavy atom. The molecule has 21 heavy (non-hydrogen) atoms. The number of hydrogen-bond acceptors (Lipinski definition) is 4. The molecular formula is C17H23N3O. The molecular weight excluding hydrogens is 262 g/mol. The first-order valence-corrected chi connectivity index (χ1v) is 7.94. The Kier molecular flexibility index (Phi) is 4.06. The summed E-state index contributed by atoms with van der Waals surface area (Å²) in [7, 11) is 0. The summed E-state index contributed by atoms with van der Waals surface area (Å²) in [6.45, 7) is 2.13. The van der Waals surface area contributed by atoms with Gasteiger partial charge in [0.2, 0.25) is 0 Å². The summed E-state index contributed by atoms with van der Waals surface area (Å²) >= 11 is 0. The van der Waals surface area contributed by atoms with Crippen LogP contribution >= 0.6 is 0 Å². The van der Waals surface area contributed by atoms with Crippen molar-refractivity contribution in [3.8, 4) is 11.5 Å². The highest BCUT2D eigenvalue weighted by Gasteiger charge is 2.33. The average Bonchev–Trinajstić information content (AvgIpc) is 2.91. The maximum absolute atomic E-state index is 6.56. The van der Waals surface area contributed by atoms with Crippen LogP contribution in [0.5, 0.6) is 0 Å². The van der Waals surface area contributed by atoms with E-state index < -0.39 is 5.54 Å². The average molecular weight is 285 g/mol. The third-order valence-electron chi connectivity index (χ3n) is 4.50. The lowest BCUT2D eigenvalue weighted by Crippen LogP contribution is -2.37. The first-order valence-electron chi connectivity index (χ1n) is 7.94. The van der Waals surface area contributed by atoms with Crippen LogP contribution in [0.4, 0.5) is 0 Å². The van der Waals surface area contributed by atoms with Gasteiger partial charge in [0.1, 0.15) is 0 Å².